The van der Waals surface area contributed by atoms with Gasteiger partial charge >= 0.3 is 0 Å². The van der Waals surface area contributed by atoms with E-state index in [1.54, 1.807) is 24.3 Å². The van der Waals surface area contributed by atoms with Crippen LogP contribution in [0.1, 0.15) is 12.8 Å². The minimum atomic E-state index is -3.27. The molecule has 0 aliphatic carbocycles. The second-order valence-corrected chi connectivity index (χ2v) is 7.09. The van der Waals surface area contributed by atoms with Gasteiger partial charge < -0.3 is 9.47 Å². The molecule has 1 aromatic carbocycles. The average Bonchev–Trinajstić information content (AvgIpc) is 3.24. The fourth-order valence-corrected chi connectivity index (χ4v) is 4.00. The first kappa shape index (κ1) is 12.1. The fraction of sp³-hybridized carbons (Fsp3) is 0.538. The summed E-state index contributed by atoms with van der Waals surface area (Å²) in [5.74, 6) is 0. The maximum Gasteiger partial charge on any atom is 0.181 e. The van der Waals surface area contributed by atoms with Gasteiger partial charge in [-0.3, -0.25) is 0 Å². The van der Waals surface area contributed by atoms with E-state index < -0.39 is 9.84 Å². The van der Waals surface area contributed by atoms with Crippen molar-refractivity contribution >= 4 is 9.84 Å². The van der Waals surface area contributed by atoms with Crippen LogP contribution in [0.2, 0.25) is 0 Å². The number of hydrogen-bond acceptors (Lipinski definition) is 4. The van der Waals surface area contributed by atoms with Crippen LogP contribution in [-0.4, -0.2) is 39.1 Å². The van der Waals surface area contributed by atoms with Crippen LogP contribution in [0, 0.1) is 0 Å². The van der Waals surface area contributed by atoms with Gasteiger partial charge in [-0.1, -0.05) is 18.2 Å². The highest BCUT2D eigenvalue weighted by molar-refractivity contribution is 7.92. The predicted octanol–water partition coefficient (Wildman–Crippen LogP) is 1.41. The summed E-state index contributed by atoms with van der Waals surface area (Å²) < 4.78 is 35.4. The molecule has 1 aromatic rings. The maximum atomic E-state index is 12.5. The average molecular weight is 268 g/mol. The molecule has 0 N–H and O–H groups in total. The molecule has 2 fully saturated rings. The van der Waals surface area contributed by atoms with Crippen molar-refractivity contribution in [3.63, 3.8) is 0 Å². The molecule has 18 heavy (non-hydrogen) atoms. The van der Waals surface area contributed by atoms with Crippen LogP contribution in [0.15, 0.2) is 35.2 Å². The lowest BCUT2D eigenvalue weighted by atomic mass is 10.1. The summed E-state index contributed by atoms with van der Waals surface area (Å²) in [5.41, 5.74) is 0. The van der Waals surface area contributed by atoms with Gasteiger partial charge in [0, 0.05) is 0 Å². The number of sulfone groups is 1. The Morgan fingerprint density at radius 1 is 1.06 bits per heavy atom. The number of benzene rings is 1. The third-order valence-corrected chi connectivity index (χ3v) is 5.56. The number of epoxide rings is 2. The molecule has 2 heterocycles. The number of hydrogen-bond donors (Lipinski definition) is 0. The highest BCUT2D eigenvalue weighted by Gasteiger charge is 2.39. The zero-order valence-electron chi connectivity index (χ0n) is 9.99. The Labute approximate surface area is 107 Å². The summed E-state index contributed by atoms with van der Waals surface area (Å²) >= 11 is 0. The monoisotopic (exact) mass is 268 g/mol. The molecule has 2 aliphatic heterocycles. The first-order chi connectivity index (χ1) is 8.66. The van der Waals surface area contributed by atoms with Gasteiger partial charge in [-0.15, -0.1) is 0 Å². The zero-order chi connectivity index (χ0) is 12.6. The molecule has 2 aliphatic rings. The molecule has 0 bridgehead atoms. The summed E-state index contributed by atoms with van der Waals surface area (Å²) in [4.78, 5) is 0.399. The van der Waals surface area contributed by atoms with Crippen LogP contribution in [-0.2, 0) is 19.3 Å². The Hall–Kier alpha value is -0.910. The van der Waals surface area contributed by atoms with E-state index in [1.807, 2.05) is 6.07 Å². The van der Waals surface area contributed by atoms with Gasteiger partial charge in [0.1, 0.15) is 0 Å². The van der Waals surface area contributed by atoms with Crippen LogP contribution >= 0.6 is 0 Å². The van der Waals surface area contributed by atoms with Gasteiger partial charge in [0.25, 0.3) is 0 Å². The minimum Gasteiger partial charge on any atom is -0.373 e. The molecule has 98 valence electrons. The standard InChI is InChI=1S/C13H16O4S/c14-18(15,12-4-2-1-3-5-12)13(6-10-8-16-10)7-11-9-17-11/h1-5,10-11,13H,6-9H2. The Balaban J connectivity index is 1.82. The summed E-state index contributed by atoms with van der Waals surface area (Å²) in [6, 6.07) is 8.64. The predicted molar refractivity (Wildman–Crippen MR) is 66.1 cm³/mol. The van der Waals surface area contributed by atoms with Crippen molar-refractivity contribution in [3.05, 3.63) is 30.3 Å². The Morgan fingerprint density at radius 3 is 2.00 bits per heavy atom. The first-order valence-corrected chi connectivity index (χ1v) is 7.73. The molecule has 2 atom stereocenters. The smallest absolute Gasteiger partial charge is 0.181 e. The summed E-state index contributed by atoms with van der Waals surface area (Å²) in [6.07, 6.45) is 1.40. The number of rotatable bonds is 6. The molecule has 2 saturated heterocycles. The molecule has 3 rings (SSSR count). The third-order valence-electron chi connectivity index (χ3n) is 3.37. The normalized spacial score (nSPS) is 27.8. The molecule has 0 amide bonds. The van der Waals surface area contributed by atoms with Gasteiger partial charge in [0.05, 0.1) is 35.6 Å². The molecule has 2 unspecified atom stereocenters. The fourth-order valence-electron chi connectivity index (χ4n) is 2.15. The first-order valence-electron chi connectivity index (χ1n) is 6.18. The van der Waals surface area contributed by atoms with E-state index in [0.717, 1.165) is 0 Å². The minimum absolute atomic E-state index is 0.118. The zero-order valence-corrected chi connectivity index (χ0v) is 10.8. The summed E-state index contributed by atoms with van der Waals surface area (Å²) in [7, 11) is -3.27. The second kappa shape index (κ2) is 4.64. The molecule has 4 nitrogen and oxygen atoms in total. The Kier molecular flexibility index (Phi) is 3.13. The maximum absolute atomic E-state index is 12.5. The van der Waals surface area contributed by atoms with E-state index in [2.05, 4.69) is 0 Å². The summed E-state index contributed by atoms with van der Waals surface area (Å²) in [5, 5.41) is -0.389. The number of ether oxygens (including phenoxy) is 2. The van der Waals surface area contributed by atoms with Crippen molar-refractivity contribution in [2.75, 3.05) is 13.2 Å². The quantitative estimate of drug-likeness (QED) is 0.732. The van der Waals surface area contributed by atoms with Crippen molar-refractivity contribution in [2.24, 2.45) is 0 Å². The van der Waals surface area contributed by atoms with Crippen LogP contribution < -0.4 is 0 Å². The van der Waals surface area contributed by atoms with E-state index in [0.29, 0.717) is 31.0 Å². The Bertz CT molecular complexity index is 489. The molecule has 0 radical (unpaired) electrons. The SMILES string of the molecule is O=S(=O)(c1ccccc1)C(CC1CO1)CC1CO1. The molecular formula is C13H16O4S. The molecule has 0 saturated carbocycles. The molecular weight excluding hydrogens is 252 g/mol. The van der Waals surface area contributed by atoms with E-state index in [9.17, 15) is 8.42 Å². The van der Waals surface area contributed by atoms with Crippen LogP contribution in [0.5, 0.6) is 0 Å². The van der Waals surface area contributed by atoms with Gasteiger partial charge in [-0.25, -0.2) is 8.42 Å². The van der Waals surface area contributed by atoms with E-state index in [-0.39, 0.29) is 17.5 Å². The van der Waals surface area contributed by atoms with E-state index >= 15 is 0 Å². The highest BCUT2D eigenvalue weighted by atomic mass is 32.2. The van der Waals surface area contributed by atoms with Crippen LogP contribution in [0.4, 0.5) is 0 Å². The molecule has 0 spiro atoms. The lowest BCUT2D eigenvalue weighted by Gasteiger charge is -2.15. The third kappa shape index (κ3) is 2.74. The molecule has 5 heteroatoms. The molecule has 0 aromatic heterocycles. The van der Waals surface area contributed by atoms with Gasteiger partial charge in [0.15, 0.2) is 9.84 Å². The van der Waals surface area contributed by atoms with Crippen molar-refractivity contribution < 1.29 is 17.9 Å². The topological polar surface area (TPSA) is 59.2 Å². The van der Waals surface area contributed by atoms with Crippen molar-refractivity contribution in [3.8, 4) is 0 Å². The van der Waals surface area contributed by atoms with Crippen molar-refractivity contribution in [1.29, 1.82) is 0 Å². The lowest BCUT2D eigenvalue weighted by Crippen LogP contribution is -2.25. The van der Waals surface area contributed by atoms with Crippen LogP contribution in [0.25, 0.3) is 0 Å². The lowest BCUT2D eigenvalue weighted by molar-refractivity contribution is 0.363. The largest absolute Gasteiger partial charge is 0.373 e. The van der Waals surface area contributed by atoms with Crippen molar-refractivity contribution in [1.82, 2.24) is 0 Å². The van der Waals surface area contributed by atoms with Gasteiger partial charge in [-0.05, 0) is 25.0 Å². The van der Waals surface area contributed by atoms with Gasteiger partial charge in [-0.2, -0.15) is 0 Å². The van der Waals surface area contributed by atoms with Crippen molar-refractivity contribution in [2.45, 2.75) is 35.2 Å². The van der Waals surface area contributed by atoms with E-state index in [1.165, 1.54) is 0 Å². The highest BCUT2D eigenvalue weighted by Crippen LogP contribution is 2.30. The second-order valence-electron chi connectivity index (χ2n) is 4.86. The summed E-state index contributed by atoms with van der Waals surface area (Å²) in [6.45, 7) is 1.37. The van der Waals surface area contributed by atoms with Crippen LogP contribution in [0.3, 0.4) is 0 Å². The van der Waals surface area contributed by atoms with Gasteiger partial charge in [0.2, 0.25) is 0 Å². The Morgan fingerprint density at radius 2 is 1.56 bits per heavy atom. The van der Waals surface area contributed by atoms with E-state index in [4.69, 9.17) is 9.47 Å².